The predicted octanol–water partition coefficient (Wildman–Crippen LogP) is 1.93. The topological polar surface area (TPSA) is 43.1 Å². The van der Waals surface area contributed by atoms with Crippen LogP contribution in [0.1, 0.15) is 40.0 Å². The van der Waals surface area contributed by atoms with Crippen molar-refractivity contribution in [2.75, 3.05) is 0 Å². The lowest BCUT2D eigenvalue weighted by Gasteiger charge is -2.66. The van der Waals surface area contributed by atoms with Gasteiger partial charge in [-0.1, -0.05) is 20.8 Å². The summed E-state index contributed by atoms with van der Waals surface area (Å²) in [7, 11) is 0. The Morgan fingerprint density at radius 2 is 2.00 bits per heavy atom. The molecule has 2 heteroatoms. The maximum atomic E-state index is 11.6. The van der Waals surface area contributed by atoms with Gasteiger partial charge >= 0.3 is 0 Å². The van der Waals surface area contributed by atoms with Gasteiger partial charge in [0.1, 0.15) is 0 Å². The highest BCUT2D eigenvalue weighted by Crippen LogP contribution is 2.69. The second-order valence-electron chi connectivity index (χ2n) is 5.44. The van der Waals surface area contributed by atoms with Crippen LogP contribution in [0.25, 0.3) is 0 Å². The van der Waals surface area contributed by atoms with E-state index in [0.717, 1.165) is 12.3 Å². The Balaban J connectivity index is 2.39. The molecule has 3 fully saturated rings. The molecule has 0 spiro atoms. The molecular formula is C11H19NO. The van der Waals surface area contributed by atoms with Crippen molar-refractivity contribution in [3.8, 4) is 0 Å². The molecule has 3 saturated carbocycles. The Hall–Kier alpha value is -0.530. The van der Waals surface area contributed by atoms with E-state index >= 15 is 0 Å². The molecule has 0 aromatic carbocycles. The summed E-state index contributed by atoms with van der Waals surface area (Å²) in [4.78, 5) is 11.6. The summed E-state index contributed by atoms with van der Waals surface area (Å²) in [5.74, 6) is 1.14. The minimum atomic E-state index is -0.185. The molecule has 74 valence electrons. The number of primary amides is 1. The number of rotatable bonds is 1. The molecule has 0 saturated heterocycles. The Labute approximate surface area is 79.9 Å². The van der Waals surface area contributed by atoms with Gasteiger partial charge in [0.2, 0.25) is 5.91 Å². The summed E-state index contributed by atoms with van der Waals surface area (Å²) in [6.45, 7) is 6.60. The van der Waals surface area contributed by atoms with Gasteiger partial charge in [-0.05, 0) is 36.5 Å². The molecule has 0 radical (unpaired) electrons. The van der Waals surface area contributed by atoms with Gasteiger partial charge in [0, 0.05) is 0 Å². The number of carbonyl (C=O) groups excluding carboxylic acids is 1. The standard InChI is InChI=1S/C11H19NO/c1-7-4-5-8-6-11(7,9(12)13)10(8,2)3/h7-8H,4-6H2,1-3H3,(H2,12,13)/t7-,8+,11+/m0/s1. The minimum absolute atomic E-state index is 0.0686. The van der Waals surface area contributed by atoms with Gasteiger partial charge in [-0.2, -0.15) is 0 Å². The second-order valence-corrected chi connectivity index (χ2v) is 5.44. The van der Waals surface area contributed by atoms with E-state index in [1.54, 1.807) is 0 Å². The molecule has 0 aromatic rings. The number of fused-ring (bicyclic) bond motifs is 2. The first-order valence-electron chi connectivity index (χ1n) is 5.23. The molecule has 3 aliphatic carbocycles. The van der Waals surface area contributed by atoms with Gasteiger partial charge in [-0.3, -0.25) is 4.79 Å². The fourth-order valence-corrected chi connectivity index (χ4v) is 3.80. The van der Waals surface area contributed by atoms with Crippen LogP contribution in [0.5, 0.6) is 0 Å². The van der Waals surface area contributed by atoms with Crippen LogP contribution < -0.4 is 5.73 Å². The Morgan fingerprint density at radius 3 is 2.31 bits per heavy atom. The zero-order chi connectivity index (χ0) is 9.85. The number of carbonyl (C=O) groups is 1. The van der Waals surface area contributed by atoms with Gasteiger partial charge < -0.3 is 5.73 Å². The van der Waals surface area contributed by atoms with Crippen molar-refractivity contribution in [1.29, 1.82) is 0 Å². The van der Waals surface area contributed by atoms with E-state index in [1.807, 2.05) is 0 Å². The molecule has 0 heterocycles. The SMILES string of the molecule is C[C@H]1CC[C@@H]2C[C@@]1(C(N)=O)C2(C)C. The molecule has 2 N–H and O–H groups in total. The van der Waals surface area contributed by atoms with E-state index in [1.165, 1.54) is 12.8 Å². The molecule has 3 atom stereocenters. The minimum Gasteiger partial charge on any atom is -0.369 e. The molecule has 2 nitrogen and oxygen atoms in total. The third-order valence-electron chi connectivity index (χ3n) is 4.97. The summed E-state index contributed by atoms with van der Waals surface area (Å²) >= 11 is 0. The lowest BCUT2D eigenvalue weighted by Crippen LogP contribution is -2.67. The van der Waals surface area contributed by atoms with Gasteiger partial charge in [0.15, 0.2) is 0 Å². The van der Waals surface area contributed by atoms with Crippen LogP contribution in [-0.2, 0) is 4.79 Å². The van der Waals surface area contributed by atoms with Crippen molar-refractivity contribution in [2.45, 2.75) is 40.0 Å². The normalized spacial score (nSPS) is 46.7. The van der Waals surface area contributed by atoms with Crippen molar-refractivity contribution in [3.05, 3.63) is 0 Å². The zero-order valence-corrected chi connectivity index (χ0v) is 8.76. The highest BCUT2D eigenvalue weighted by Gasteiger charge is 2.67. The monoisotopic (exact) mass is 181 g/mol. The van der Waals surface area contributed by atoms with E-state index in [0.29, 0.717) is 5.92 Å². The first-order chi connectivity index (χ1) is 5.93. The Kier molecular flexibility index (Phi) is 1.59. The fourth-order valence-electron chi connectivity index (χ4n) is 3.80. The van der Waals surface area contributed by atoms with Crippen molar-refractivity contribution in [1.82, 2.24) is 0 Å². The first kappa shape index (κ1) is 9.04. The van der Waals surface area contributed by atoms with Crippen molar-refractivity contribution < 1.29 is 4.79 Å². The van der Waals surface area contributed by atoms with E-state index < -0.39 is 0 Å². The highest BCUT2D eigenvalue weighted by molar-refractivity contribution is 5.83. The van der Waals surface area contributed by atoms with Gasteiger partial charge in [-0.25, -0.2) is 0 Å². The fraction of sp³-hybridized carbons (Fsp3) is 0.909. The van der Waals surface area contributed by atoms with E-state index in [2.05, 4.69) is 20.8 Å². The molecular weight excluding hydrogens is 162 g/mol. The molecule has 13 heavy (non-hydrogen) atoms. The number of hydrogen-bond acceptors (Lipinski definition) is 1. The lowest BCUT2D eigenvalue weighted by atomic mass is 9.36. The summed E-state index contributed by atoms with van der Waals surface area (Å²) in [6.07, 6.45) is 3.50. The van der Waals surface area contributed by atoms with Crippen LogP contribution in [0, 0.1) is 22.7 Å². The van der Waals surface area contributed by atoms with Crippen LogP contribution in [0.3, 0.4) is 0 Å². The second kappa shape index (κ2) is 2.28. The number of hydrogen-bond donors (Lipinski definition) is 1. The van der Waals surface area contributed by atoms with Crippen LogP contribution in [0.4, 0.5) is 0 Å². The largest absolute Gasteiger partial charge is 0.369 e. The third-order valence-corrected chi connectivity index (χ3v) is 4.97. The Bertz CT molecular complexity index is 259. The summed E-state index contributed by atoms with van der Waals surface area (Å²) in [5, 5.41) is 0. The zero-order valence-electron chi connectivity index (χ0n) is 8.76. The summed E-state index contributed by atoms with van der Waals surface area (Å²) in [5.41, 5.74) is 5.53. The quantitative estimate of drug-likeness (QED) is 0.660. The summed E-state index contributed by atoms with van der Waals surface area (Å²) < 4.78 is 0. The number of nitrogens with two attached hydrogens (primary N) is 1. The molecule has 0 unspecified atom stereocenters. The third kappa shape index (κ3) is 0.773. The first-order valence-corrected chi connectivity index (χ1v) is 5.23. The van der Waals surface area contributed by atoms with Crippen LogP contribution in [0.2, 0.25) is 0 Å². The van der Waals surface area contributed by atoms with Crippen molar-refractivity contribution >= 4 is 5.91 Å². The van der Waals surface area contributed by atoms with Crippen molar-refractivity contribution in [2.24, 2.45) is 28.4 Å². The van der Waals surface area contributed by atoms with Gasteiger partial charge in [0.25, 0.3) is 0 Å². The van der Waals surface area contributed by atoms with Crippen LogP contribution in [0.15, 0.2) is 0 Å². The molecule has 3 aliphatic rings. The lowest BCUT2D eigenvalue weighted by molar-refractivity contribution is -0.198. The maximum absolute atomic E-state index is 11.6. The molecule has 0 aromatic heterocycles. The average Bonchev–Trinajstić information content (AvgIpc) is 2.02. The average molecular weight is 181 g/mol. The highest BCUT2D eigenvalue weighted by atomic mass is 16.1. The molecule has 2 bridgehead atoms. The smallest absolute Gasteiger partial charge is 0.224 e. The summed E-state index contributed by atoms with van der Waals surface area (Å²) in [6, 6.07) is 0. The molecule has 1 amide bonds. The van der Waals surface area contributed by atoms with Crippen molar-refractivity contribution in [3.63, 3.8) is 0 Å². The van der Waals surface area contributed by atoms with Gasteiger partial charge in [-0.15, -0.1) is 0 Å². The number of amides is 1. The van der Waals surface area contributed by atoms with E-state index in [4.69, 9.17) is 5.73 Å². The molecule has 3 rings (SSSR count). The van der Waals surface area contributed by atoms with Gasteiger partial charge in [0.05, 0.1) is 5.41 Å². The predicted molar refractivity (Wildman–Crippen MR) is 51.9 cm³/mol. The molecule has 0 aliphatic heterocycles. The van der Waals surface area contributed by atoms with E-state index in [-0.39, 0.29) is 16.7 Å². The maximum Gasteiger partial charge on any atom is 0.224 e. The van der Waals surface area contributed by atoms with E-state index in [9.17, 15) is 4.79 Å². The van der Waals surface area contributed by atoms with Crippen LogP contribution in [-0.4, -0.2) is 5.91 Å². The van der Waals surface area contributed by atoms with Crippen LogP contribution >= 0.6 is 0 Å². The Morgan fingerprint density at radius 1 is 1.38 bits per heavy atom.